The molecule has 1 atom stereocenters. The molecule has 0 radical (unpaired) electrons. The molecule has 2 aromatic carbocycles. The predicted octanol–water partition coefficient (Wildman–Crippen LogP) is 3.24. The summed E-state index contributed by atoms with van der Waals surface area (Å²) >= 11 is 0. The summed E-state index contributed by atoms with van der Waals surface area (Å²) in [4.78, 5) is 6.06. The zero-order valence-electron chi connectivity index (χ0n) is 13.5. The molecular formula is C19H17N3O2. The Bertz CT molecular complexity index is 849. The Balaban J connectivity index is 2.20. The summed E-state index contributed by atoms with van der Waals surface area (Å²) in [5.41, 5.74) is 2.25. The molecule has 1 N–H and O–H groups in total. The number of aromatic hydroxyl groups is 1. The van der Waals surface area contributed by atoms with Gasteiger partial charge >= 0.3 is 0 Å². The standard InChI is InChI=1S/C19H17N3O2/c1-22(2)12-21-19-16(11-20)18(13-6-4-3-5-7-13)15-9-8-14(23)10-17(15)24-19/h3-10,12,18,23H,1-2H3. The van der Waals surface area contributed by atoms with Gasteiger partial charge in [0.1, 0.15) is 23.1 Å². The third-order valence-electron chi connectivity index (χ3n) is 3.69. The summed E-state index contributed by atoms with van der Waals surface area (Å²) in [6.07, 6.45) is 1.59. The Hall–Kier alpha value is -3.26. The lowest BCUT2D eigenvalue weighted by Gasteiger charge is -2.26. The van der Waals surface area contributed by atoms with Gasteiger partial charge in [-0.3, -0.25) is 0 Å². The number of fused-ring (bicyclic) bond motifs is 1. The van der Waals surface area contributed by atoms with Crippen LogP contribution in [-0.4, -0.2) is 30.4 Å². The highest BCUT2D eigenvalue weighted by Crippen LogP contribution is 2.44. The van der Waals surface area contributed by atoms with E-state index < -0.39 is 0 Å². The molecule has 3 rings (SSSR count). The molecule has 24 heavy (non-hydrogen) atoms. The molecular weight excluding hydrogens is 302 g/mol. The van der Waals surface area contributed by atoms with Crippen LogP contribution in [0.15, 0.2) is 65.0 Å². The Kier molecular flexibility index (Phi) is 4.21. The zero-order valence-corrected chi connectivity index (χ0v) is 13.5. The van der Waals surface area contributed by atoms with Gasteiger partial charge in [-0.2, -0.15) is 5.26 Å². The maximum Gasteiger partial charge on any atom is 0.235 e. The van der Waals surface area contributed by atoms with Crippen LogP contribution in [0.4, 0.5) is 0 Å². The summed E-state index contributed by atoms with van der Waals surface area (Å²) in [6, 6.07) is 16.9. The van der Waals surface area contributed by atoms with Crippen molar-refractivity contribution in [3.8, 4) is 17.6 Å². The molecule has 0 amide bonds. The monoisotopic (exact) mass is 319 g/mol. The zero-order chi connectivity index (χ0) is 17.1. The van der Waals surface area contributed by atoms with Crippen molar-refractivity contribution >= 4 is 6.34 Å². The average Bonchev–Trinajstić information content (AvgIpc) is 2.59. The van der Waals surface area contributed by atoms with E-state index in [0.717, 1.165) is 11.1 Å². The fraction of sp³-hybridized carbons (Fsp3) is 0.158. The summed E-state index contributed by atoms with van der Waals surface area (Å²) in [6.45, 7) is 0. The van der Waals surface area contributed by atoms with Crippen LogP contribution in [0.5, 0.6) is 11.5 Å². The quantitative estimate of drug-likeness (QED) is 0.696. The Morgan fingerprint density at radius 1 is 1.21 bits per heavy atom. The van der Waals surface area contributed by atoms with E-state index in [2.05, 4.69) is 11.1 Å². The fourth-order valence-corrected chi connectivity index (χ4v) is 2.66. The Labute approximate surface area is 140 Å². The molecule has 1 aliphatic heterocycles. The highest BCUT2D eigenvalue weighted by molar-refractivity contribution is 5.61. The average molecular weight is 319 g/mol. The van der Waals surface area contributed by atoms with Gasteiger partial charge in [0.15, 0.2) is 0 Å². The van der Waals surface area contributed by atoms with Crippen molar-refractivity contribution in [3.63, 3.8) is 0 Å². The van der Waals surface area contributed by atoms with E-state index in [1.807, 2.05) is 44.4 Å². The fourth-order valence-electron chi connectivity index (χ4n) is 2.66. The van der Waals surface area contributed by atoms with Crippen molar-refractivity contribution in [2.75, 3.05) is 14.1 Å². The molecule has 1 aliphatic rings. The number of ether oxygens (including phenoxy) is 1. The normalized spacial score (nSPS) is 16.5. The minimum Gasteiger partial charge on any atom is -0.508 e. The van der Waals surface area contributed by atoms with Crippen molar-refractivity contribution in [2.45, 2.75) is 5.92 Å². The summed E-state index contributed by atoms with van der Waals surface area (Å²) in [5.74, 6) is 0.582. The lowest BCUT2D eigenvalue weighted by atomic mass is 9.83. The molecule has 5 nitrogen and oxygen atoms in total. The number of hydrogen-bond acceptors (Lipinski definition) is 4. The van der Waals surface area contributed by atoms with Crippen LogP contribution in [0.1, 0.15) is 17.0 Å². The van der Waals surface area contributed by atoms with Gasteiger partial charge in [-0.15, -0.1) is 0 Å². The number of phenolic OH excluding ortho intramolecular Hbond substituents is 1. The van der Waals surface area contributed by atoms with Gasteiger partial charge < -0.3 is 14.7 Å². The number of aliphatic imine (C=N–C) groups is 1. The van der Waals surface area contributed by atoms with Crippen molar-refractivity contribution in [1.29, 1.82) is 5.26 Å². The lowest BCUT2D eigenvalue weighted by Crippen LogP contribution is -2.17. The van der Waals surface area contributed by atoms with Gasteiger partial charge in [0.05, 0.1) is 12.3 Å². The molecule has 1 heterocycles. The number of hydrogen-bond donors (Lipinski definition) is 1. The first kappa shape index (κ1) is 15.6. The molecule has 5 heteroatoms. The van der Waals surface area contributed by atoms with Gasteiger partial charge in [-0.25, -0.2) is 4.99 Å². The molecule has 0 aromatic heterocycles. The van der Waals surface area contributed by atoms with Crippen LogP contribution in [0.25, 0.3) is 0 Å². The van der Waals surface area contributed by atoms with Crippen LogP contribution in [-0.2, 0) is 0 Å². The van der Waals surface area contributed by atoms with E-state index >= 15 is 0 Å². The van der Waals surface area contributed by atoms with E-state index in [1.54, 1.807) is 29.4 Å². The number of benzene rings is 2. The molecule has 0 fully saturated rings. The second-order valence-electron chi connectivity index (χ2n) is 5.71. The first-order valence-corrected chi connectivity index (χ1v) is 7.50. The van der Waals surface area contributed by atoms with Gasteiger partial charge in [0.2, 0.25) is 5.88 Å². The number of nitrogens with zero attached hydrogens (tertiary/aromatic N) is 3. The third kappa shape index (κ3) is 2.95. The SMILES string of the molecule is CN(C)C=NC1=C(C#N)C(c2ccccc2)c2ccc(O)cc2O1. The van der Waals surface area contributed by atoms with E-state index in [9.17, 15) is 10.4 Å². The Morgan fingerprint density at radius 2 is 1.96 bits per heavy atom. The van der Waals surface area contributed by atoms with E-state index in [1.165, 1.54) is 0 Å². The predicted molar refractivity (Wildman–Crippen MR) is 91.8 cm³/mol. The summed E-state index contributed by atoms with van der Waals surface area (Å²) < 4.78 is 5.79. The van der Waals surface area contributed by atoms with Crippen LogP contribution >= 0.6 is 0 Å². The van der Waals surface area contributed by atoms with Gasteiger partial charge in [-0.05, 0) is 11.6 Å². The van der Waals surface area contributed by atoms with Gasteiger partial charge in [0.25, 0.3) is 0 Å². The highest BCUT2D eigenvalue weighted by atomic mass is 16.5. The second-order valence-corrected chi connectivity index (χ2v) is 5.71. The molecule has 120 valence electrons. The number of allylic oxidation sites excluding steroid dienone is 1. The lowest BCUT2D eigenvalue weighted by molar-refractivity contribution is 0.388. The van der Waals surface area contributed by atoms with Crippen molar-refractivity contribution in [1.82, 2.24) is 4.90 Å². The van der Waals surface area contributed by atoms with Crippen molar-refractivity contribution in [2.24, 2.45) is 4.99 Å². The van der Waals surface area contributed by atoms with Gasteiger partial charge in [-0.1, -0.05) is 36.4 Å². The molecule has 0 bridgehead atoms. The maximum absolute atomic E-state index is 9.76. The number of nitriles is 1. The van der Waals surface area contributed by atoms with E-state index in [0.29, 0.717) is 11.3 Å². The summed E-state index contributed by atoms with van der Waals surface area (Å²) in [7, 11) is 3.68. The second kappa shape index (κ2) is 6.47. The van der Waals surface area contributed by atoms with Gasteiger partial charge in [0, 0.05) is 25.7 Å². The van der Waals surface area contributed by atoms with Crippen LogP contribution in [0.3, 0.4) is 0 Å². The first-order valence-electron chi connectivity index (χ1n) is 7.50. The molecule has 2 aromatic rings. The van der Waals surface area contributed by atoms with Crippen molar-refractivity contribution in [3.05, 3.63) is 71.1 Å². The summed E-state index contributed by atoms with van der Waals surface area (Å²) in [5, 5.41) is 19.5. The van der Waals surface area contributed by atoms with E-state index in [4.69, 9.17) is 4.74 Å². The molecule has 0 saturated heterocycles. The van der Waals surface area contributed by atoms with Crippen LogP contribution < -0.4 is 4.74 Å². The Morgan fingerprint density at radius 3 is 2.62 bits per heavy atom. The van der Waals surface area contributed by atoms with Crippen LogP contribution in [0, 0.1) is 11.3 Å². The highest BCUT2D eigenvalue weighted by Gasteiger charge is 2.31. The number of phenols is 1. The van der Waals surface area contributed by atoms with E-state index in [-0.39, 0.29) is 17.6 Å². The number of rotatable bonds is 3. The molecule has 1 unspecified atom stereocenters. The topological polar surface area (TPSA) is 68.9 Å². The smallest absolute Gasteiger partial charge is 0.235 e. The minimum atomic E-state index is -0.283. The first-order chi connectivity index (χ1) is 11.6. The minimum absolute atomic E-state index is 0.108. The molecule has 0 spiro atoms. The van der Waals surface area contributed by atoms with Crippen LogP contribution in [0.2, 0.25) is 0 Å². The largest absolute Gasteiger partial charge is 0.508 e. The van der Waals surface area contributed by atoms with Crippen molar-refractivity contribution < 1.29 is 9.84 Å². The third-order valence-corrected chi connectivity index (χ3v) is 3.69. The molecule has 0 aliphatic carbocycles. The molecule has 0 saturated carbocycles. The maximum atomic E-state index is 9.76.